The van der Waals surface area contributed by atoms with Crippen molar-refractivity contribution in [1.29, 1.82) is 0 Å². The average Bonchev–Trinajstić information content (AvgIpc) is 3.16. The second-order valence-corrected chi connectivity index (χ2v) is 19.0. The molecule has 9 heteroatoms. The molecule has 0 aromatic rings. The number of unbranched alkanes of at least 4 members (excludes halogenated alkanes) is 29. The topological polar surface area (TPSA) is 91.3 Å². The van der Waals surface area contributed by atoms with Gasteiger partial charge in [-0.1, -0.05) is 187 Å². The molecule has 0 heterocycles. The predicted molar refractivity (Wildman–Crippen MR) is 242 cm³/mol. The molecule has 0 bridgehead atoms. The Labute approximate surface area is 353 Å². The van der Waals surface area contributed by atoms with Gasteiger partial charge in [-0.3, -0.25) is 13.8 Å². The normalized spacial score (nSPS) is 13.8. The van der Waals surface area contributed by atoms with Crippen LogP contribution in [0.15, 0.2) is 24.5 Å². The number of allylic oxidation sites excluding steroid dienone is 3. The Bertz CT molecular complexity index is 967. The summed E-state index contributed by atoms with van der Waals surface area (Å²) in [7, 11) is 1.64. The number of carbonyl (C=O) groups excluding carboxylic acids is 1. The van der Waals surface area contributed by atoms with Crippen molar-refractivity contribution in [2.45, 2.75) is 232 Å². The molecule has 0 saturated carbocycles. The first kappa shape index (κ1) is 55.8. The van der Waals surface area contributed by atoms with Crippen molar-refractivity contribution in [2.24, 2.45) is 0 Å². The molecule has 0 saturated heterocycles. The maximum atomic E-state index is 12.7. The second kappa shape index (κ2) is 41.5. The number of hydrogen-bond donors (Lipinski definition) is 1. The Morgan fingerprint density at radius 1 is 0.544 bits per heavy atom. The number of quaternary nitrogens is 1. The number of esters is 1. The van der Waals surface area contributed by atoms with Crippen LogP contribution in [0.3, 0.4) is 0 Å². The molecule has 1 N–H and O–H groups in total. The molecule has 57 heavy (non-hydrogen) atoms. The molecule has 0 aliphatic carbocycles. The summed E-state index contributed by atoms with van der Waals surface area (Å²) >= 11 is 0. The number of likely N-dealkylation sites (N-methyl/N-ethyl adjacent to an activating group) is 1. The summed E-state index contributed by atoms with van der Waals surface area (Å²) in [5.74, 6) is -0.337. The van der Waals surface area contributed by atoms with Crippen LogP contribution < -0.4 is 0 Å². The summed E-state index contributed by atoms with van der Waals surface area (Å²) in [6.45, 7) is 4.95. The van der Waals surface area contributed by atoms with Crippen LogP contribution in [-0.4, -0.2) is 69.0 Å². The fraction of sp³-hybridized carbons (Fsp3) is 0.896. The third-order valence-electron chi connectivity index (χ3n) is 10.6. The number of phosphoric ester groups is 1. The Morgan fingerprint density at radius 3 is 1.35 bits per heavy atom. The Hall–Kier alpha value is -1.18. The van der Waals surface area contributed by atoms with Gasteiger partial charge in [0.2, 0.25) is 0 Å². The van der Waals surface area contributed by atoms with Crippen molar-refractivity contribution >= 4 is 13.8 Å². The lowest BCUT2D eigenvalue weighted by atomic mass is 10.0. The number of phosphoric acid groups is 1. The van der Waals surface area contributed by atoms with Crippen molar-refractivity contribution in [3.8, 4) is 0 Å². The molecule has 0 fully saturated rings. The quantitative estimate of drug-likeness (QED) is 0.0163. The van der Waals surface area contributed by atoms with Crippen LogP contribution in [0.4, 0.5) is 0 Å². The third kappa shape index (κ3) is 45.7. The minimum absolute atomic E-state index is 0.0499. The van der Waals surface area contributed by atoms with E-state index in [1.54, 1.807) is 6.26 Å². The summed E-state index contributed by atoms with van der Waals surface area (Å²) in [6.07, 6.45) is 48.8. The zero-order valence-corrected chi connectivity index (χ0v) is 39.2. The molecule has 2 atom stereocenters. The molecule has 8 nitrogen and oxygen atoms in total. The number of carbonyl (C=O) groups is 1. The first-order chi connectivity index (χ1) is 27.6. The standard InChI is InChI=1S/C48H94NO7P/c1-6-8-10-12-14-16-18-20-22-24-26-28-30-32-34-36-38-40-43-53-45-47(46-55-57(51,52)54-44-42-49(3,4)5)56-48(50)41-39-37-35-33-31-29-27-25-23-21-19-17-15-13-11-9-7-2/h21,23,40,43,47H,6-20,22,24-39,41-42,44-46H2,1-5H3/p+1/b23-21+,43-40+/t47-/m1/s1. The summed E-state index contributed by atoms with van der Waals surface area (Å²) in [5, 5.41) is 0. The smallest absolute Gasteiger partial charge is 0.472 e. The highest BCUT2D eigenvalue weighted by Crippen LogP contribution is 2.43. The van der Waals surface area contributed by atoms with Crippen LogP contribution in [-0.2, 0) is 27.9 Å². The molecule has 0 aromatic heterocycles. The SMILES string of the molecule is CCCCCCCC/C=C/CCCCCCCCCC(=O)O[C@H](CO/C=C/CCCCCCCCCCCCCCCCCC)COP(=O)(O)OCC[N+](C)(C)C. The van der Waals surface area contributed by atoms with Crippen molar-refractivity contribution in [2.75, 3.05) is 47.5 Å². The van der Waals surface area contributed by atoms with E-state index >= 15 is 0 Å². The highest BCUT2D eigenvalue weighted by molar-refractivity contribution is 7.47. The van der Waals surface area contributed by atoms with Crippen LogP contribution in [0.1, 0.15) is 226 Å². The summed E-state index contributed by atoms with van der Waals surface area (Å²) < 4.78 is 34.8. The molecular weight excluding hydrogens is 734 g/mol. The van der Waals surface area contributed by atoms with E-state index in [9.17, 15) is 14.3 Å². The van der Waals surface area contributed by atoms with E-state index in [-0.39, 0.29) is 25.8 Å². The van der Waals surface area contributed by atoms with Gasteiger partial charge in [-0.2, -0.15) is 0 Å². The van der Waals surface area contributed by atoms with E-state index in [0.717, 1.165) is 32.1 Å². The van der Waals surface area contributed by atoms with E-state index < -0.39 is 13.9 Å². The van der Waals surface area contributed by atoms with Gasteiger partial charge in [-0.05, 0) is 51.0 Å². The minimum atomic E-state index is -4.29. The molecule has 0 amide bonds. The Balaban J connectivity index is 4.22. The van der Waals surface area contributed by atoms with Crippen LogP contribution in [0.2, 0.25) is 0 Å². The van der Waals surface area contributed by atoms with Gasteiger partial charge in [0.1, 0.15) is 19.8 Å². The van der Waals surface area contributed by atoms with Crippen LogP contribution in [0.25, 0.3) is 0 Å². The molecule has 0 aliphatic heterocycles. The number of ether oxygens (including phenoxy) is 2. The monoisotopic (exact) mass is 829 g/mol. The zero-order chi connectivity index (χ0) is 42.0. The van der Waals surface area contributed by atoms with Crippen LogP contribution in [0, 0.1) is 0 Å². The van der Waals surface area contributed by atoms with Crippen molar-refractivity contribution in [3.63, 3.8) is 0 Å². The summed E-state index contributed by atoms with van der Waals surface area (Å²) in [5.41, 5.74) is 0. The summed E-state index contributed by atoms with van der Waals surface area (Å²) in [6, 6.07) is 0. The van der Waals surface area contributed by atoms with Gasteiger partial charge in [-0.15, -0.1) is 0 Å². The summed E-state index contributed by atoms with van der Waals surface area (Å²) in [4.78, 5) is 22.9. The van der Waals surface area contributed by atoms with Gasteiger partial charge in [0, 0.05) is 6.42 Å². The van der Waals surface area contributed by atoms with Gasteiger partial charge in [-0.25, -0.2) is 4.57 Å². The molecule has 338 valence electrons. The second-order valence-electron chi connectivity index (χ2n) is 17.6. The van der Waals surface area contributed by atoms with Crippen molar-refractivity contribution in [3.05, 3.63) is 24.5 Å². The van der Waals surface area contributed by atoms with Gasteiger partial charge in [0.15, 0.2) is 6.10 Å². The largest absolute Gasteiger partial charge is 0.498 e. The highest BCUT2D eigenvalue weighted by Gasteiger charge is 2.26. The fourth-order valence-corrected chi connectivity index (χ4v) is 7.55. The molecule has 0 rings (SSSR count). The lowest BCUT2D eigenvalue weighted by molar-refractivity contribution is -0.870. The van der Waals surface area contributed by atoms with Crippen molar-refractivity contribution < 1.29 is 37.3 Å². The zero-order valence-electron chi connectivity index (χ0n) is 38.3. The lowest BCUT2D eigenvalue weighted by Crippen LogP contribution is -2.37. The fourth-order valence-electron chi connectivity index (χ4n) is 6.81. The number of nitrogens with zero attached hydrogens (tertiary/aromatic N) is 1. The van der Waals surface area contributed by atoms with E-state index in [1.165, 1.54) is 173 Å². The van der Waals surface area contributed by atoms with Crippen molar-refractivity contribution in [1.82, 2.24) is 0 Å². The minimum Gasteiger partial charge on any atom is -0.498 e. The number of rotatable bonds is 45. The van der Waals surface area contributed by atoms with Gasteiger partial charge < -0.3 is 18.9 Å². The molecule has 0 aromatic carbocycles. The van der Waals surface area contributed by atoms with E-state index in [2.05, 4.69) is 26.0 Å². The molecule has 0 aliphatic rings. The van der Waals surface area contributed by atoms with Crippen LogP contribution >= 0.6 is 7.82 Å². The van der Waals surface area contributed by atoms with E-state index in [4.69, 9.17) is 18.5 Å². The van der Waals surface area contributed by atoms with Gasteiger partial charge in [0.25, 0.3) is 0 Å². The molecule has 0 radical (unpaired) electrons. The maximum Gasteiger partial charge on any atom is 0.472 e. The van der Waals surface area contributed by atoms with E-state index in [0.29, 0.717) is 17.4 Å². The lowest BCUT2D eigenvalue weighted by Gasteiger charge is -2.24. The maximum absolute atomic E-state index is 12.7. The average molecular weight is 829 g/mol. The molecular formula is C48H95NO7P+. The Kier molecular flexibility index (Phi) is 40.7. The molecule has 0 spiro atoms. The third-order valence-corrected chi connectivity index (χ3v) is 11.6. The van der Waals surface area contributed by atoms with Gasteiger partial charge in [0.05, 0.1) is 34.0 Å². The molecule has 1 unspecified atom stereocenters. The van der Waals surface area contributed by atoms with Gasteiger partial charge >= 0.3 is 13.8 Å². The first-order valence-corrected chi connectivity index (χ1v) is 25.6. The van der Waals surface area contributed by atoms with Crippen LogP contribution in [0.5, 0.6) is 0 Å². The first-order valence-electron chi connectivity index (χ1n) is 24.1. The highest BCUT2D eigenvalue weighted by atomic mass is 31.2. The Morgan fingerprint density at radius 2 is 0.930 bits per heavy atom. The number of hydrogen-bond acceptors (Lipinski definition) is 6. The van der Waals surface area contributed by atoms with E-state index in [1.807, 2.05) is 27.2 Å². The predicted octanol–water partition coefficient (Wildman–Crippen LogP) is 14.7.